The highest BCUT2D eigenvalue weighted by Crippen LogP contribution is 2.24. The van der Waals surface area contributed by atoms with Crippen LogP contribution in [0.5, 0.6) is 0 Å². The van der Waals surface area contributed by atoms with E-state index in [-0.39, 0.29) is 0 Å². The van der Waals surface area contributed by atoms with Crippen LogP contribution in [-0.4, -0.2) is 10.8 Å². The molecule has 20 heavy (non-hydrogen) atoms. The molecule has 3 heteroatoms. The van der Waals surface area contributed by atoms with Gasteiger partial charge in [0.2, 0.25) is 0 Å². The van der Waals surface area contributed by atoms with Gasteiger partial charge in [-0.15, -0.1) is 0 Å². The number of hydrogen-bond donors (Lipinski definition) is 0. The Morgan fingerprint density at radius 3 is 2.50 bits per heavy atom. The number of nitrogens with zero attached hydrogens (tertiary/aromatic N) is 2. The summed E-state index contributed by atoms with van der Waals surface area (Å²) >= 11 is 3.43. The van der Waals surface area contributed by atoms with Crippen molar-refractivity contribution in [1.29, 1.82) is 0 Å². The smallest absolute Gasteiger partial charge is 0.0630 e. The van der Waals surface area contributed by atoms with Crippen LogP contribution < -0.4 is 0 Å². The highest BCUT2D eigenvalue weighted by molar-refractivity contribution is 9.10. The molecule has 1 heterocycles. The van der Waals surface area contributed by atoms with Gasteiger partial charge in [-0.1, -0.05) is 34.1 Å². The number of halogens is 1. The topological polar surface area (TPSA) is 17.3 Å². The summed E-state index contributed by atoms with van der Waals surface area (Å²) in [6.07, 6.45) is 1.96. The van der Waals surface area contributed by atoms with Crippen LogP contribution in [-0.2, 0) is 7.05 Å². The summed E-state index contributed by atoms with van der Waals surface area (Å²) in [5.41, 5.74) is 4.61. The van der Waals surface area contributed by atoms with Gasteiger partial charge < -0.3 is 4.57 Å². The van der Waals surface area contributed by atoms with Crippen LogP contribution in [0.4, 0.5) is 5.69 Å². The quantitative estimate of drug-likeness (QED) is 0.590. The number of aromatic nitrogens is 1. The van der Waals surface area contributed by atoms with Gasteiger partial charge in [-0.25, -0.2) is 0 Å². The zero-order valence-electron chi connectivity index (χ0n) is 11.5. The first-order valence-corrected chi connectivity index (χ1v) is 7.30. The minimum Gasteiger partial charge on any atom is -0.347 e. The average molecular weight is 327 g/mol. The second-order valence-corrected chi connectivity index (χ2v) is 5.73. The molecule has 0 fully saturated rings. The SMILES string of the molecule is Cc1c(C=Nc2ccc(Br)cc2)c2ccccc2n1C. The summed E-state index contributed by atoms with van der Waals surface area (Å²) in [5.74, 6) is 0. The molecule has 0 atom stereocenters. The van der Waals surface area contributed by atoms with E-state index < -0.39 is 0 Å². The maximum absolute atomic E-state index is 4.58. The number of rotatable bonds is 2. The number of hydrogen-bond acceptors (Lipinski definition) is 1. The Morgan fingerprint density at radius 2 is 1.75 bits per heavy atom. The number of benzene rings is 2. The zero-order chi connectivity index (χ0) is 14.1. The van der Waals surface area contributed by atoms with E-state index in [1.807, 2.05) is 30.5 Å². The average Bonchev–Trinajstić information content (AvgIpc) is 2.71. The Hall–Kier alpha value is -1.87. The van der Waals surface area contributed by atoms with E-state index in [9.17, 15) is 0 Å². The van der Waals surface area contributed by atoms with Crippen LogP contribution in [0.3, 0.4) is 0 Å². The molecule has 100 valence electrons. The van der Waals surface area contributed by atoms with Gasteiger partial charge in [-0.3, -0.25) is 4.99 Å². The lowest BCUT2D eigenvalue weighted by molar-refractivity contribution is 0.917. The number of aliphatic imine (C=N–C) groups is 1. The molecule has 0 N–H and O–H groups in total. The van der Waals surface area contributed by atoms with Gasteiger partial charge >= 0.3 is 0 Å². The maximum Gasteiger partial charge on any atom is 0.0630 e. The summed E-state index contributed by atoms with van der Waals surface area (Å²) in [5, 5.41) is 1.24. The molecule has 0 aliphatic heterocycles. The number of para-hydroxylation sites is 1. The number of fused-ring (bicyclic) bond motifs is 1. The molecular formula is C17H15BrN2. The van der Waals surface area contributed by atoms with Crippen LogP contribution >= 0.6 is 15.9 Å². The normalized spacial score (nSPS) is 11.6. The second kappa shape index (κ2) is 5.25. The van der Waals surface area contributed by atoms with Crippen LogP contribution in [0.25, 0.3) is 10.9 Å². The van der Waals surface area contributed by atoms with E-state index in [1.165, 1.54) is 22.2 Å². The summed E-state index contributed by atoms with van der Waals surface area (Å²) in [6, 6.07) is 16.4. The highest BCUT2D eigenvalue weighted by Gasteiger charge is 2.08. The predicted octanol–water partition coefficient (Wildman–Crippen LogP) is 5.00. The summed E-state index contributed by atoms with van der Waals surface area (Å²) < 4.78 is 3.27. The Balaban J connectivity index is 2.06. The van der Waals surface area contributed by atoms with Crippen molar-refractivity contribution in [1.82, 2.24) is 4.57 Å². The molecule has 0 unspecified atom stereocenters. The molecule has 1 aromatic heterocycles. The van der Waals surface area contributed by atoms with Gasteiger partial charge in [0, 0.05) is 39.9 Å². The second-order valence-electron chi connectivity index (χ2n) is 4.81. The van der Waals surface area contributed by atoms with E-state index in [4.69, 9.17) is 0 Å². The lowest BCUT2D eigenvalue weighted by Gasteiger charge is -1.97. The first-order valence-electron chi connectivity index (χ1n) is 6.50. The molecule has 3 aromatic rings. The first-order chi connectivity index (χ1) is 9.66. The van der Waals surface area contributed by atoms with Crippen LogP contribution in [0.2, 0.25) is 0 Å². The Labute approximate surface area is 126 Å². The fourth-order valence-corrected chi connectivity index (χ4v) is 2.64. The summed E-state index contributed by atoms with van der Waals surface area (Å²) in [7, 11) is 2.09. The molecule has 0 saturated heterocycles. The van der Waals surface area contributed by atoms with Crippen LogP contribution in [0.1, 0.15) is 11.3 Å². The van der Waals surface area contributed by atoms with E-state index in [0.717, 1.165) is 10.2 Å². The minimum atomic E-state index is 0.959. The molecule has 0 saturated carbocycles. The Bertz CT molecular complexity index is 783. The Morgan fingerprint density at radius 1 is 1.05 bits per heavy atom. The van der Waals surface area contributed by atoms with Gasteiger partial charge in [0.05, 0.1) is 5.69 Å². The predicted molar refractivity (Wildman–Crippen MR) is 89.1 cm³/mol. The van der Waals surface area contributed by atoms with Crippen LogP contribution in [0.15, 0.2) is 58.0 Å². The first kappa shape index (κ1) is 13.1. The van der Waals surface area contributed by atoms with Gasteiger partial charge in [0.1, 0.15) is 0 Å². The molecule has 2 aromatic carbocycles. The van der Waals surface area contributed by atoms with Gasteiger partial charge in [-0.05, 0) is 37.3 Å². The van der Waals surface area contributed by atoms with Crippen molar-refractivity contribution in [2.45, 2.75) is 6.92 Å². The monoisotopic (exact) mass is 326 g/mol. The fraction of sp³-hybridized carbons (Fsp3) is 0.118. The summed E-state index contributed by atoms with van der Waals surface area (Å²) in [4.78, 5) is 4.58. The third-order valence-electron chi connectivity index (χ3n) is 3.62. The molecule has 3 rings (SSSR count). The van der Waals surface area contributed by atoms with E-state index >= 15 is 0 Å². The van der Waals surface area contributed by atoms with E-state index in [0.29, 0.717) is 0 Å². The van der Waals surface area contributed by atoms with Crippen molar-refractivity contribution in [2.24, 2.45) is 12.0 Å². The lowest BCUT2D eigenvalue weighted by Crippen LogP contribution is -1.91. The maximum atomic E-state index is 4.58. The minimum absolute atomic E-state index is 0.959. The molecule has 0 bridgehead atoms. The van der Waals surface area contributed by atoms with Gasteiger partial charge in [-0.2, -0.15) is 0 Å². The van der Waals surface area contributed by atoms with Crippen molar-refractivity contribution >= 4 is 38.7 Å². The molecule has 2 nitrogen and oxygen atoms in total. The molecule has 0 radical (unpaired) electrons. The Kier molecular flexibility index (Phi) is 3.45. The van der Waals surface area contributed by atoms with Crippen molar-refractivity contribution < 1.29 is 0 Å². The van der Waals surface area contributed by atoms with Crippen molar-refractivity contribution in [3.05, 3.63) is 64.3 Å². The third kappa shape index (κ3) is 2.29. The highest BCUT2D eigenvalue weighted by atomic mass is 79.9. The molecule has 0 amide bonds. The van der Waals surface area contributed by atoms with Gasteiger partial charge in [0.25, 0.3) is 0 Å². The molecule has 0 aliphatic carbocycles. The largest absolute Gasteiger partial charge is 0.347 e. The standard InChI is InChI=1S/C17H15BrN2/c1-12-16(11-19-14-9-7-13(18)8-10-14)15-5-3-4-6-17(15)20(12)2/h3-11H,1-2H3. The number of aryl methyl sites for hydroxylation is 1. The third-order valence-corrected chi connectivity index (χ3v) is 4.15. The van der Waals surface area contributed by atoms with Crippen molar-refractivity contribution in [3.63, 3.8) is 0 Å². The van der Waals surface area contributed by atoms with E-state index in [2.05, 4.69) is 63.7 Å². The lowest BCUT2D eigenvalue weighted by atomic mass is 10.1. The zero-order valence-corrected chi connectivity index (χ0v) is 13.1. The van der Waals surface area contributed by atoms with Crippen molar-refractivity contribution in [2.75, 3.05) is 0 Å². The molecular weight excluding hydrogens is 312 g/mol. The van der Waals surface area contributed by atoms with Crippen molar-refractivity contribution in [3.8, 4) is 0 Å². The van der Waals surface area contributed by atoms with Gasteiger partial charge in [0.15, 0.2) is 0 Å². The summed E-state index contributed by atoms with van der Waals surface area (Å²) in [6.45, 7) is 2.13. The van der Waals surface area contributed by atoms with Crippen LogP contribution in [0, 0.1) is 6.92 Å². The molecule has 0 aliphatic rings. The van der Waals surface area contributed by atoms with E-state index in [1.54, 1.807) is 0 Å². The fourth-order valence-electron chi connectivity index (χ4n) is 2.38. The molecule has 0 spiro atoms.